The quantitative estimate of drug-likeness (QED) is 0.643. The molecule has 0 bridgehead atoms. The van der Waals surface area contributed by atoms with E-state index in [9.17, 15) is 4.79 Å². The average Bonchev–Trinajstić information content (AvgIpc) is 2.86. The molecule has 0 saturated heterocycles. The summed E-state index contributed by atoms with van der Waals surface area (Å²) in [7, 11) is 1.82. The molecule has 3 nitrogen and oxygen atoms in total. The molecule has 0 spiro atoms. The van der Waals surface area contributed by atoms with Crippen LogP contribution in [0.25, 0.3) is 0 Å². The molecule has 1 rings (SSSR count). The third-order valence-corrected chi connectivity index (χ3v) is 2.34. The summed E-state index contributed by atoms with van der Waals surface area (Å²) in [6.45, 7) is 7.82. The molecule has 1 aliphatic rings. The summed E-state index contributed by atoms with van der Waals surface area (Å²) < 4.78 is 0. The van der Waals surface area contributed by atoms with E-state index in [-0.39, 0.29) is 5.91 Å². The van der Waals surface area contributed by atoms with Crippen LogP contribution in [0, 0.1) is 5.92 Å². The van der Waals surface area contributed by atoms with Crippen molar-refractivity contribution < 1.29 is 4.79 Å². The monoisotopic (exact) mass is 196 g/mol. The van der Waals surface area contributed by atoms with E-state index in [1.807, 2.05) is 14.0 Å². The van der Waals surface area contributed by atoms with Crippen LogP contribution in [0.2, 0.25) is 0 Å². The molecular weight excluding hydrogens is 176 g/mol. The van der Waals surface area contributed by atoms with E-state index in [0.29, 0.717) is 13.1 Å². The molecule has 0 aromatic heterocycles. The summed E-state index contributed by atoms with van der Waals surface area (Å²) in [5, 5.41) is 3.18. The van der Waals surface area contributed by atoms with Crippen LogP contribution in [0.3, 0.4) is 0 Å². The van der Waals surface area contributed by atoms with Crippen molar-refractivity contribution >= 4 is 5.91 Å². The van der Waals surface area contributed by atoms with Gasteiger partial charge in [0.2, 0.25) is 5.91 Å². The third-order valence-electron chi connectivity index (χ3n) is 2.34. The van der Waals surface area contributed by atoms with Gasteiger partial charge in [-0.05, 0) is 32.2 Å². The number of nitrogens with one attached hydrogen (secondary N) is 1. The van der Waals surface area contributed by atoms with Crippen LogP contribution in [-0.4, -0.2) is 37.5 Å². The lowest BCUT2D eigenvalue weighted by atomic mass is 10.3. The van der Waals surface area contributed by atoms with Gasteiger partial charge in [-0.1, -0.05) is 12.2 Å². The summed E-state index contributed by atoms with van der Waals surface area (Å²) in [5.41, 5.74) is 1.02. The van der Waals surface area contributed by atoms with E-state index in [4.69, 9.17) is 0 Å². The fourth-order valence-corrected chi connectivity index (χ4v) is 1.33. The van der Waals surface area contributed by atoms with Crippen LogP contribution in [-0.2, 0) is 4.79 Å². The van der Waals surface area contributed by atoms with Gasteiger partial charge >= 0.3 is 0 Å². The fraction of sp³-hybridized carbons (Fsp3) is 0.727. The minimum absolute atomic E-state index is 0.147. The lowest BCUT2D eigenvalue weighted by Crippen LogP contribution is -2.36. The number of likely N-dealkylation sites (N-methyl/N-ethyl adjacent to an activating group) is 1. The molecule has 3 heteroatoms. The Labute approximate surface area is 86.2 Å². The number of nitrogens with zero attached hydrogens (tertiary/aromatic N) is 1. The highest BCUT2D eigenvalue weighted by molar-refractivity contribution is 5.78. The zero-order chi connectivity index (χ0) is 10.6. The first-order chi connectivity index (χ1) is 6.59. The summed E-state index contributed by atoms with van der Waals surface area (Å²) in [4.78, 5) is 13.2. The lowest BCUT2D eigenvalue weighted by molar-refractivity contribution is -0.128. The number of carbonyl (C=O) groups is 1. The van der Waals surface area contributed by atoms with Gasteiger partial charge in [0.1, 0.15) is 0 Å². The highest BCUT2D eigenvalue weighted by Crippen LogP contribution is 2.27. The molecule has 1 saturated carbocycles. The van der Waals surface area contributed by atoms with Crippen LogP contribution >= 0.6 is 0 Å². The number of carbonyl (C=O) groups excluding carboxylic acids is 1. The highest BCUT2D eigenvalue weighted by atomic mass is 16.2. The average molecular weight is 196 g/mol. The highest BCUT2D eigenvalue weighted by Gasteiger charge is 2.20. The molecular formula is C11H20N2O. The second kappa shape index (κ2) is 5.15. The standard InChI is InChI=1S/C11H20N2O/c1-9(2)8-13(3)11(14)7-12-6-10-4-5-10/h10,12H,1,4-8H2,2-3H3. The molecule has 0 radical (unpaired) electrons. The van der Waals surface area contributed by atoms with Gasteiger partial charge in [-0.2, -0.15) is 0 Å². The Kier molecular flexibility index (Phi) is 4.14. The van der Waals surface area contributed by atoms with Gasteiger partial charge in [0, 0.05) is 13.6 Å². The molecule has 1 amide bonds. The molecule has 0 aliphatic heterocycles. The van der Waals surface area contributed by atoms with Crippen molar-refractivity contribution in [3.63, 3.8) is 0 Å². The molecule has 0 unspecified atom stereocenters. The fourth-order valence-electron chi connectivity index (χ4n) is 1.33. The van der Waals surface area contributed by atoms with Crippen molar-refractivity contribution in [2.45, 2.75) is 19.8 Å². The molecule has 1 aliphatic carbocycles. The van der Waals surface area contributed by atoms with E-state index >= 15 is 0 Å². The van der Waals surface area contributed by atoms with Crippen molar-refractivity contribution in [1.82, 2.24) is 10.2 Å². The topological polar surface area (TPSA) is 32.3 Å². The van der Waals surface area contributed by atoms with Crippen LogP contribution < -0.4 is 5.32 Å². The minimum Gasteiger partial charge on any atom is -0.341 e. The molecule has 0 aromatic rings. The van der Waals surface area contributed by atoms with E-state index in [1.54, 1.807) is 4.90 Å². The van der Waals surface area contributed by atoms with Crippen molar-refractivity contribution in [3.05, 3.63) is 12.2 Å². The number of hydrogen-bond donors (Lipinski definition) is 1. The van der Waals surface area contributed by atoms with Crippen molar-refractivity contribution in [3.8, 4) is 0 Å². The van der Waals surface area contributed by atoms with Gasteiger partial charge in [0.25, 0.3) is 0 Å². The van der Waals surface area contributed by atoms with Gasteiger partial charge in [0.15, 0.2) is 0 Å². The number of hydrogen-bond acceptors (Lipinski definition) is 2. The number of rotatable bonds is 6. The SMILES string of the molecule is C=C(C)CN(C)C(=O)CNCC1CC1. The molecule has 1 N–H and O–H groups in total. The molecule has 1 fully saturated rings. The van der Waals surface area contributed by atoms with Crippen LogP contribution in [0.5, 0.6) is 0 Å². The van der Waals surface area contributed by atoms with Crippen LogP contribution in [0.1, 0.15) is 19.8 Å². The third kappa shape index (κ3) is 4.42. The van der Waals surface area contributed by atoms with Crippen LogP contribution in [0.4, 0.5) is 0 Å². The first kappa shape index (κ1) is 11.2. The smallest absolute Gasteiger partial charge is 0.236 e. The zero-order valence-electron chi connectivity index (χ0n) is 9.18. The Morgan fingerprint density at radius 2 is 2.21 bits per heavy atom. The summed E-state index contributed by atoms with van der Waals surface area (Å²) in [6.07, 6.45) is 2.64. The number of amides is 1. The van der Waals surface area contributed by atoms with Crippen molar-refractivity contribution in [2.75, 3.05) is 26.7 Å². The Morgan fingerprint density at radius 3 is 2.71 bits per heavy atom. The first-order valence-corrected chi connectivity index (χ1v) is 5.18. The molecule has 14 heavy (non-hydrogen) atoms. The predicted molar refractivity (Wildman–Crippen MR) is 58.0 cm³/mol. The summed E-state index contributed by atoms with van der Waals surface area (Å²) >= 11 is 0. The molecule has 80 valence electrons. The summed E-state index contributed by atoms with van der Waals surface area (Å²) in [6, 6.07) is 0. The normalized spacial score (nSPS) is 15.3. The maximum Gasteiger partial charge on any atom is 0.236 e. The Bertz CT molecular complexity index is 221. The van der Waals surface area contributed by atoms with E-state index in [0.717, 1.165) is 18.0 Å². The Balaban J connectivity index is 2.08. The van der Waals surface area contributed by atoms with E-state index < -0.39 is 0 Å². The second-order valence-corrected chi connectivity index (χ2v) is 4.28. The van der Waals surface area contributed by atoms with Crippen LogP contribution in [0.15, 0.2) is 12.2 Å². The maximum atomic E-state index is 11.5. The summed E-state index contributed by atoms with van der Waals surface area (Å²) in [5.74, 6) is 0.975. The Hall–Kier alpha value is -0.830. The second-order valence-electron chi connectivity index (χ2n) is 4.28. The molecule has 0 heterocycles. The lowest BCUT2D eigenvalue weighted by Gasteiger charge is -2.17. The maximum absolute atomic E-state index is 11.5. The molecule has 0 aromatic carbocycles. The van der Waals surface area contributed by atoms with E-state index in [2.05, 4.69) is 11.9 Å². The first-order valence-electron chi connectivity index (χ1n) is 5.18. The van der Waals surface area contributed by atoms with Gasteiger partial charge < -0.3 is 10.2 Å². The van der Waals surface area contributed by atoms with Crippen molar-refractivity contribution in [2.24, 2.45) is 5.92 Å². The van der Waals surface area contributed by atoms with Gasteiger partial charge in [0.05, 0.1) is 6.54 Å². The molecule has 0 atom stereocenters. The van der Waals surface area contributed by atoms with Gasteiger partial charge in [-0.25, -0.2) is 0 Å². The van der Waals surface area contributed by atoms with Gasteiger partial charge in [-0.3, -0.25) is 4.79 Å². The largest absolute Gasteiger partial charge is 0.341 e. The minimum atomic E-state index is 0.147. The van der Waals surface area contributed by atoms with E-state index in [1.165, 1.54) is 12.8 Å². The van der Waals surface area contributed by atoms with Crippen molar-refractivity contribution in [1.29, 1.82) is 0 Å². The zero-order valence-corrected chi connectivity index (χ0v) is 9.18. The van der Waals surface area contributed by atoms with Gasteiger partial charge in [-0.15, -0.1) is 0 Å². The Morgan fingerprint density at radius 1 is 1.57 bits per heavy atom. The predicted octanol–water partition coefficient (Wildman–Crippen LogP) is 1.02.